The van der Waals surface area contributed by atoms with E-state index >= 15 is 0 Å². The second kappa shape index (κ2) is 8.78. The van der Waals surface area contributed by atoms with E-state index in [1.807, 2.05) is 37.3 Å². The van der Waals surface area contributed by atoms with Crippen molar-refractivity contribution in [1.82, 2.24) is 20.3 Å². The molecule has 0 saturated heterocycles. The molecule has 24 heavy (non-hydrogen) atoms. The molecule has 0 fully saturated rings. The van der Waals surface area contributed by atoms with Crippen LogP contribution in [0, 0.1) is 5.92 Å². The Morgan fingerprint density at radius 3 is 2.75 bits per heavy atom. The Labute approximate surface area is 139 Å². The van der Waals surface area contributed by atoms with E-state index in [9.17, 15) is 9.59 Å². The van der Waals surface area contributed by atoms with Crippen LogP contribution in [-0.2, 0) is 22.7 Å². The van der Waals surface area contributed by atoms with Crippen molar-refractivity contribution >= 4 is 11.9 Å². The highest BCUT2D eigenvalue weighted by Gasteiger charge is 2.11. The first-order chi connectivity index (χ1) is 11.5. The van der Waals surface area contributed by atoms with Crippen LogP contribution >= 0.6 is 0 Å². The summed E-state index contributed by atoms with van der Waals surface area (Å²) in [4.78, 5) is 22.5. The molecule has 1 aromatic carbocycles. The molecule has 128 valence electrons. The van der Waals surface area contributed by atoms with Crippen LogP contribution < -0.4 is 5.32 Å². The number of benzene rings is 1. The van der Waals surface area contributed by atoms with E-state index in [1.54, 1.807) is 0 Å². The molecule has 0 saturated carbocycles. The van der Waals surface area contributed by atoms with Gasteiger partial charge in [-0.15, -0.1) is 5.10 Å². The second-order valence-corrected chi connectivity index (χ2v) is 5.52. The number of rotatable bonds is 9. The van der Waals surface area contributed by atoms with Crippen LogP contribution in [0.25, 0.3) is 0 Å². The molecule has 0 spiro atoms. The number of hydrogen-bond acceptors (Lipinski definition) is 5. The molecular weight excluding hydrogens is 312 g/mol. The number of carbonyl (C=O) groups excluding carboxylic acids is 1. The van der Waals surface area contributed by atoms with Gasteiger partial charge in [0.2, 0.25) is 5.91 Å². The Hall–Kier alpha value is -2.74. The Balaban J connectivity index is 1.64. The predicted molar refractivity (Wildman–Crippen MR) is 85.3 cm³/mol. The van der Waals surface area contributed by atoms with Gasteiger partial charge in [0.15, 0.2) is 5.69 Å². The van der Waals surface area contributed by atoms with Crippen LogP contribution in [0.4, 0.5) is 0 Å². The number of ether oxygens (including phenoxy) is 1. The van der Waals surface area contributed by atoms with Gasteiger partial charge in [-0.3, -0.25) is 4.79 Å². The molecule has 0 bridgehead atoms. The quantitative estimate of drug-likeness (QED) is 0.708. The summed E-state index contributed by atoms with van der Waals surface area (Å²) in [5, 5.41) is 18.5. The second-order valence-electron chi connectivity index (χ2n) is 5.52. The molecule has 1 aromatic heterocycles. The van der Waals surface area contributed by atoms with Gasteiger partial charge < -0.3 is 15.2 Å². The van der Waals surface area contributed by atoms with Gasteiger partial charge in [0.05, 0.1) is 19.4 Å². The molecule has 0 radical (unpaired) electrons. The highest BCUT2D eigenvalue weighted by Crippen LogP contribution is 2.03. The van der Waals surface area contributed by atoms with Gasteiger partial charge in [-0.1, -0.05) is 42.5 Å². The highest BCUT2D eigenvalue weighted by molar-refractivity contribution is 5.84. The summed E-state index contributed by atoms with van der Waals surface area (Å²) in [7, 11) is 0. The van der Waals surface area contributed by atoms with Gasteiger partial charge in [0, 0.05) is 6.54 Å². The molecule has 0 aliphatic rings. The van der Waals surface area contributed by atoms with Crippen LogP contribution in [0.1, 0.15) is 23.0 Å². The van der Waals surface area contributed by atoms with Crippen molar-refractivity contribution < 1.29 is 19.4 Å². The van der Waals surface area contributed by atoms with E-state index in [2.05, 4.69) is 15.6 Å². The predicted octanol–water partition coefficient (Wildman–Crippen LogP) is 0.945. The highest BCUT2D eigenvalue weighted by atomic mass is 16.5. The molecule has 1 amide bonds. The third-order valence-corrected chi connectivity index (χ3v) is 3.22. The van der Waals surface area contributed by atoms with Gasteiger partial charge in [0.1, 0.15) is 6.54 Å². The van der Waals surface area contributed by atoms with Crippen LogP contribution in [0.3, 0.4) is 0 Å². The maximum atomic E-state index is 11.8. The Morgan fingerprint density at radius 2 is 2.08 bits per heavy atom. The van der Waals surface area contributed by atoms with Gasteiger partial charge in [-0.05, 0) is 11.5 Å². The van der Waals surface area contributed by atoms with Gasteiger partial charge in [0.25, 0.3) is 0 Å². The average Bonchev–Trinajstić information content (AvgIpc) is 3.03. The standard InChI is InChI=1S/C16H20N4O4/c1-12(10-24-11-13-5-3-2-4-6-13)7-17-15(21)9-20-8-14(16(22)23)18-19-20/h2-6,8,12H,7,9-11H2,1H3,(H,17,21)(H,22,23). The monoisotopic (exact) mass is 332 g/mol. The number of carbonyl (C=O) groups is 2. The zero-order chi connectivity index (χ0) is 17.4. The van der Waals surface area contributed by atoms with Crippen molar-refractivity contribution in [2.24, 2.45) is 5.92 Å². The van der Waals surface area contributed by atoms with Crippen molar-refractivity contribution in [3.05, 3.63) is 47.8 Å². The lowest BCUT2D eigenvalue weighted by Gasteiger charge is -2.13. The molecule has 2 N–H and O–H groups in total. The normalized spacial score (nSPS) is 11.9. The van der Waals surface area contributed by atoms with Crippen molar-refractivity contribution in [1.29, 1.82) is 0 Å². The van der Waals surface area contributed by atoms with Crippen LogP contribution in [0.5, 0.6) is 0 Å². The van der Waals surface area contributed by atoms with E-state index < -0.39 is 5.97 Å². The minimum atomic E-state index is -1.18. The molecule has 1 heterocycles. The van der Waals surface area contributed by atoms with Gasteiger partial charge >= 0.3 is 5.97 Å². The average molecular weight is 332 g/mol. The molecular formula is C16H20N4O4. The first-order valence-corrected chi connectivity index (χ1v) is 7.56. The number of aromatic carboxylic acids is 1. The lowest BCUT2D eigenvalue weighted by atomic mass is 10.2. The van der Waals surface area contributed by atoms with E-state index in [0.717, 1.165) is 5.56 Å². The largest absolute Gasteiger partial charge is 0.476 e. The van der Waals surface area contributed by atoms with Crippen LogP contribution in [0.15, 0.2) is 36.5 Å². The van der Waals surface area contributed by atoms with Crippen LogP contribution in [-0.4, -0.2) is 45.1 Å². The third kappa shape index (κ3) is 5.81. The third-order valence-electron chi connectivity index (χ3n) is 3.22. The SMILES string of the molecule is CC(CNC(=O)Cn1cc(C(=O)O)nn1)COCc1ccccc1. The Bertz CT molecular complexity index is 672. The maximum absolute atomic E-state index is 11.8. The smallest absolute Gasteiger partial charge is 0.358 e. The summed E-state index contributed by atoms with van der Waals surface area (Å²) in [6, 6.07) is 9.87. The number of hydrogen-bond donors (Lipinski definition) is 2. The van der Waals surface area contributed by atoms with Crippen molar-refractivity contribution in [3.63, 3.8) is 0 Å². The van der Waals surface area contributed by atoms with Crippen molar-refractivity contribution in [2.75, 3.05) is 13.2 Å². The first-order valence-electron chi connectivity index (χ1n) is 7.56. The fraction of sp³-hybridized carbons (Fsp3) is 0.375. The Kier molecular flexibility index (Phi) is 6.44. The molecule has 2 aromatic rings. The topological polar surface area (TPSA) is 106 Å². The first kappa shape index (κ1) is 17.6. The lowest BCUT2D eigenvalue weighted by molar-refractivity contribution is -0.122. The molecule has 8 nitrogen and oxygen atoms in total. The van der Waals surface area contributed by atoms with E-state index in [4.69, 9.17) is 9.84 Å². The molecule has 0 aliphatic carbocycles. The number of aromatic nitrogens is 3. The molecule has 2 rings (SSSR count). The zero-order valence-electron chi connectivity index (χ0n) is 13.4. The van der Waals surface area contributed by atoms with Crippen LogP contribution in [0.2, 0.25) is 0 Å². The summed E-state index contributed by atoms with van der Waals surface area (Å²) in [6.07, 6.45) is 1.22. The fourth-order valence-corrected chi connectivity index (χ4v) is 1.98. The van der Waals surface area contributed by atoms with Gasteiger partial charge in [-0.25, -0.2) is 9.48 Å². The number of carboxylic acids is 1. The molecule has 1 atom stereocenters. The molecule has 0 aliphatic heterocycles. The zero-order valence-corrected chi connectivity index (χ0v) is 13.4. The summed E-state index contributed by atoms with van der Waals surface area (Å²) in [5.74, 6) is -1.28. The summed E-state index contributed by atoms with van der Waals surface area (Å²) in [5.41, 5.74) is 0.916. The summed E-state index contributed by atoms with van der Waals surface area (Å²) >= 11 is 0. The lowest BCUT2D eigenvalue weighted by Crippen LogP contribution is -2.32. The number of carboxylic acid groups (broad SMARTS) is 1. The summed E-state index contributed by atoms with van der Waals surface area (Å²) < 4.78 is 6.81. The van der Waals surface area contributed by atoms with Crippen molar-refractivity contribution in [2.45, 2.75) is 20.1 Å². The van der Waals surface area contributed by atoms with E-state index in [0.29, 0.717) is 19.8 Å². The number of nitrogens with one attached hydrogen (secondary N) is 1. The fourth-order valence-electron chi connectivity index (χ4n) is 1.98. The number of amides is 1. The minimum Gasteiger partial charge on any atom is -0.476 e. The Morgan fingerprint density at radius 1 is 1.33 bits per heavy atom. The van der Waals surface area contributed by atoms with E-state index in [-0.39, 0.29) is 24.1 Å². The summed E-state index contributed by atoms with van der Waals surface area (Å²) in [6.45, 7) is 3.44. The molecule has 8 heteroatoms. The number of nitrogens with zero attached hydrogens (tertiary/aromatic N) is 3. The molecule has 1 unspecified atom stereocenters. The van der Waals surface area contributed by atoms with Crippen molar-refractivity contribution in [3.8, 4) is 0 Å². The van der Waals surface area contributed by atoms with E-state index in [1.165, 1.54) is 10.9 Å². The van der Waals surface area contributed by atoms with Gasteiger partial charge in [-0.2, -0.15) is 0 Å². The maximum Gasteiger partial charge on any atom is 0.358 e. The minimum absolute atomic E-state index is 0.0716.